The maximum absolute atomic E-state index is 10.4. The molecule has 1 atom stereocenters. The largest absolute Gasteiger partial charge is 0.481 e. The molecule has 19 heavy (non-hydrogen) atoms. The van der Waals surface area contributed by atoms with Gasteiger partial charge in [0.25, 0.3) is 0 Å². The predicted molar refractivity (Wildman–Crippen MR) is 81.4 cm³/mol. The normalized spacial score (nSPS) is 12.3. The minimum Gasteiger partial charge on any atom is -0.481 e. The molecule has 0 spiro atoms. The lowest BCUT2D eigenvalue weighted by Crippen LogP contribution is -2.30. The van der Waals surface area contributed by atoms with Gasteiger partial charge in [-0.25, -0.2) is 0 Å². The van der Waals surface area contributed by atoms with E-state index in [2.05, 4.69) is 52.4 Å². The van der Waals surface area contributed by atoms with Gasteiger partial charge in [-0.1, -0.05) is 35.0 Å². The average Bonchev–Trinajstić information content (AvgIpc) is 2.39. The molecule has 0 bridgehead atoms. The minimum absolute atomic E-state index is 0.246. The summed E-state index contributed by atoms with van der Waals surface area (Å²) in [4.78, 5) is 10.4. The lowest BCUT2D eigenvalue weighted by atomic mass is 10.0. The highest BCUT2D eigenvalue weighted by Crippen LogP contribution is 2.13. The summed E-state index contributed by atoms with van der Waals surface area (Å²) in [5, 5.41) is 12.0. The van der Waals surface area contributed by atoms with Gasteiger partial charge in [0.1, 0.15) is 0 Å². The van der Waals surface area contributed by atoms with E-state index in [4.69, 9.17) is 5.11 Å². The van der Waals surface area contributed by atoms with Crippen molar-refractivity contribution in [2.75, 3.05) is 6.54 Å². The Morgan fingerprint density at radius 3 is 2.63 bits per heavy atom. The molecule has 106 valence electrons. The van der Waals surface area contributed by atoms with Crippen LogP contribution in [0.15, 0.2) is 28.7 Å². The van der Waals surface area contributed by atoms with Crippen LogP contribution in [0, 0.1) is 0 Å². The van der Waals surface area contributed by atoms with Gasteiger partial charge >= 0.3 is 5.97 Å². The van der Waals surface area contributed by atoms with E-state index in [1.54, 1.807) is 0 Å². The number of hydrogen-bond donors (Lipinski definition) is 2. The molecule has 1 aromatic carbocycles. The number of nitrogens with one attached hydrogen (secondary N) is 1. The lowest BCUT2D eigenvalue weighted by Gasteiger charge is -2.16. The van der Waals surface area contributed by atoms with Crippen molar-refractivity contribution < 1.29 is 9.90 Å². The van der Waals surface area contributed by atoms with Crippen molar-refractivity contribution in [2.45, 2.75) is 45.1 Å². The van der Waals surface area contributed by atoms with Gasteiger partial charge in [0.15, 0.2) is 0 Å². The summed E-state index contributed by atoms with van der Waals surface area (Å²) in [5.41, 5.74) is 1.34. The number of carbonyl (C=O) groups is 1. The van der Waals surface area contributed by atoms with Crippen LogP contribution in [0.25, 0.3) is 0 Å². The number of aliphatic carboxylic acids is 1. The van der Waals surface area contributed by atoms with Crippen LogP contribution in [0.1, 0.15) is 38.2 Å². The highest BCUT2D eigenvalue weighted by atomic mass is 79.9. The van der Waals surface area contributed by atoms with Crippen molar-refractivity contribution >= 4 is 21.9 Å². The van der Waals surface area contributed by atoms with Crippen molar-refractivity contribution in [3.8, 4) is 0 Å². The van der Waals surface area contributed by atoms with Crippen LogP contribution in [-0.4, -0.2) is 23.7 Å². The van der Waals surface area contributed by atoms with Gasteiger partial charge in [-0.3, -0.25) is 4.79 Å². The molecule has 0 amide bonds. The first kappa shape index (κ1) is 16.2. The van der Waals surface area contributed by atoms with E-state index >= 15 is 0 Å². The van der Waals surface area contributed by atoms with Crippen LogP contribution < -0.4 is 5.32 Å². The number of aryl methyl sites for hydroxylation is 1. The molecule has 0 fully saturated rings. The molecule has 0 radical (unpaired) electrons. The number of carboxylic acids is 1. The fourth-order valence-electron chi connectivity index (χ4n) is 1.99. The van der Waals surface area contributed by atoms with Gasteiger partial charge in [0, 0.05) is 16.9 Å². The maximum atomic E-state index is 10.4. The van der Waals surface area contributed by atoms with Gasteiger partial charge in [0.2, 0.25) is 0 Å². The fraction of sp³-hybridized carbons (Fsp3) is 0.533. The van der Waals surface area contributed by atoms with Gasteiger partial charge in [-0.2, -0.15) is 0 Å². The summed E-state index contributed by atoms with van der Waals surface area (Å²) in [7, 11) is 0. The third-order valence-electron chi connectivity index (χ3n) is 3.19. The molecule has 1 aromatic rings. The number of halogens is 1. The predicted octanol–water partition coefficient (Wildman–Crippen LogP) is 3.61. The molecule has 1 unspecified atom stereocenters. The zero-order valence-electron chi connectivity index (χ0n) is 11.4. The lowest BCUT2D eigenvalue weighted by molar-refractivity contribution is -0.137. The third-order valence-corrected chi connectivity index (χ3v) is 3.72. The average molecular weight is 328 g/mol. The number of carboxylic acid groups (broad SMARTS) is 1. The summed E-state index contributed by atoms with van der Waals surface area (Å²) in [6.45, 7) is 2.95. The van der Waals surface area contributed by atoms with Crippen molar-refractivity contribution in [1.82, 2.24) is 5.32 Å². The van der Waals surface area contributed by atoms with E-state index < -0.39 is 5.97 Å². The van der Waals surface area contributed by atoms with E-state index in [-0.39, 0.29) is 6.42 Å². The quantitative estimate of drug-likeness (QED) is 0.681. The van der Waals surface area contributed by atoms with Gasteiger partial charge < -0.3 is 10.4 Å². The first-order chi connectivity index (χ1) is 9.11. The van der Waals surface area contributed by atoms with E-state index in [0.717, 1.165) is 30.3 Å². The summed E-state index contributed by atoms with van der Waals surface area (Å²) in [6, 6.07) is 8.88. The Hall–Kier alpha value is -0.870. The summed E-state index contributed by atoms with van der Waals surface area (Å²) in [6.07, 6.45) is 4.16. The van der Waals surface area contributed by atoms with Crippen molar-refractivity contribution in [1.29, 1.82) is 0 Å². The zero-order chi connectivity index (χ0) is 14.1. The van der Waals surface area contributed by atoms with Gasteiger partial charge in [0.05, 0.1) is 0 Å². The van der Waals surface area contributed by atoms with Crippen LogP contribution in [0.3, 0.4) is 0 Å². The Kier molecular flexibility index (Phi) is 7.75. The van der Waals surface area contributed by atoms with Crippen LogP contribution in [-0.2, 0) is 11.2 Å². The second-order valence-electron chi connectivity index (χ2n) is 4.72. The smallest absolute Gasteiger partial charge is 0.303 e. The molecule has 0 aromatic heterocycles. The van der Waals surface area contributed by atoms with Crippen LogP contribution in [0.4, 0.5) is 0 Å². The Morgan fingerprint density at radius 1 is 1.37 bits per heavy atom. The maximum Gasteiger partial charge on any atom is 0.303 e. The van der Waals surface area contributed by atoms with Crippen molar-refractivity contribution in [3.63, 3.8) is 0 Å². The Labute approximate surface area is 123 Å². The van der Waals surface area contributed by atoms with Crippen LogP contribution in [0.2, 0.25) is 0 Å². The highest BCUT2D eigenvalue weighted by molar-refractivity contribution is 9.10. The minimum atomic E-state index is -0.718. The standard InChI is InChI=1S/C15H22BrNO2/c1-2-14(17-11-3-4-15(18)19)10-7-12-5-8-13(16)9-6-12/h5-6,8-9,14,17H,2-4,7,10-11H2,1H3,(H,18,19). The molecule has 0 aliphatic rings. The number of hydrogen-bond acceptors (Lipinski definition) is 2. The second kappa shape index (κ2) is 9.10. The molecule has 1 rings (SSSR count). The molecule has 4 heteroatoms. The fourth-order valence-corrected chi connectivity index (χ4v) is 2.25. The molecule has 2 N–H and O–H groups in total. The number of rotatable bonds is 9. The Morgan fingerprint density at radius 2 is 2.05 bits per heavy atom. The van der Waals surface area contributed by atoms with Crippen LogP contribution >= 0.6 is 15.9 Å². The topological polar surface area (TPSA) is 49.3 Å². The SMILES string of the molecule is CCC(CCc1ccc(Br)cc1)NCCCC(=O)O. The highest BCUT2D eigenvalue weighted by Gasteiger charge is 2.06. The molecule has 0 aliphatic carbocycles. The number of benzene rings is 1. The molecule has 0 saturated heterocycles. The molecular weight excluding hydrogens is 306 g/mol. The molecule has 3 nitrogen and oxygen atoms in total. The van der Waals surface area contributed by atoms with Crippen LogP contribution in [0.5, 0.6) is 0 Å². The Bertz CT molecular complexity index is 378. The van der Waals surface area contributed by atoms with E-state index in [9.17, 15) is 4.79 Å². The summed E-state index contributed by atoms with van der Waals surface area (Å²) in [5.74, 6) is -0.718. The van der Waals surface area contributed by atoms with Gasteiger partial charge in [-0.05, 0) is 49.9 Å². The van der Waals surface area contributed by atoms with Crippen molar-refractivity contribution in [3.05, 3.63) is 34.3 Å². The molecule has 0 aliphatic heterocycles. The third kappa shape index (κ3) is 7.33. The zero-order valence-corrected chi connectivity index (χ0v) is 12.9. The summed E-state index contributed by atoms with van der Waals surface area (Å²) < 4.78 is 1.11. The summed E-state index contributed by atoms with van der Waals surface area (Å²) >= 11 is 3.43. The molecular formula is C15H22BrNO2. The van der Waals surface area contributed by atoms with E-state index in [0.29, 0.717) is 12.5 Å². The van der Waals surface area contributed by atoms with Gasteiger partial charge in [-0.15, -0.1) is 0 Å². The molecule has 0 heterocycles. The monoisotopic (exact) mass is 327 g/mol. The molecule has 0 saturated carbocycles. The van der Waals surface area contributed by atoms with E-state index in [1.165, 1.54) is 5.56 Å². The first-order valence-corrected chi connectivity index (χ1v) is 7.60. The van der Waals surface area contributed by atoms with Crippen molar-refractivity contribution in [2.24, 2.45) is 0 Å². The first-order valence-electron chi connectivity index (χ1n) is 6.81. The van der Waals surface area contributed by atoms with E-state index in [1.807, 2.05) is 0 Å². The Balaban J connectivity index is 2.24. The second-order valence-corrected chi connectivity index (χ2v) is 5.64.